The van der Waals surface area contributed by atoms with E-state index in [9.17, 15) is 4.79 Å². The van der Waals surface area contributed by atoms with Crippen molar-refractivity contribution in [2.45, 2.75) is 39.0 Å². The zero-order valence-corrected chi connectivity index (χ0v) is 15.3. The molecule has 0 aliphatic carbocycles. The van der Waals surface area contributed by atoms with Gasteiger partial charge in [-0.05, 0) is 43.5 Å². The third kappa shape index (κ3) is 2.70. The molecule has 2 aliphatic heterocycles. The Morgan fingerprint density at radius 1 is 1.33 bits per heavy atom. The molecule has 0 radical (unpaired) electrons. The van der Waals surface area contributed by atoms with Crippen molar-refractivity contribution in [2.24, 2.45) is 0 Å². The Morgan fingerprint density at radius 2 is 2.17 bits per heavy atom. The van der Waals surface area contributed by atoms with Gasteiger partial charge in [0.05, 0.1) is 5.56 Å². The van der Waals surface area contributed by atoms with E-state index in [1.165, 1.54) is 10.4 Å². The summed E-state index contributed by atoms with van der Waals surface area (Å²) < 4.78 is 0. The van der Waals surface area contributed by atoms with Crippen molar-refractivity contribution < 1.29 is 4.79 Å². The highest BCUT2D eigenvalue weighted by Crippen LogP contribution is 2.41. The van der Waals surface area contributed by atoms with Crippen LogP contribution < -0.4 is 10.6 Å². The van der Waals surface area contributed by atoms with Crippen molar-refractivity contribution in [3.8, 4) is 0 Å². The molecule has 126 valence electrons. The van der Waals surface area contributed by atoms with Gasteiger partial charge in [-0.3, -0.25) is 9.69 Å². The van der Waals surface area contributed by atoms with E-state index < -0.39 is 0 Å². The van der Waals surface area contributed by atoms with Gasteiger partial charge >= 0.3 is 0 Å². The molecule has 2 aliphatic rings. The van der Waals surface area contributed by atoms with Gasteiger partial charge in [-0.2, -0.15) is 0 Å². The maximum absolute atomic E-state index is 12.7. The largest absolute Gasteiger partial charge is 0.353 e. The molecule has 1 aromatic carbocycles. The lowest BCUT2D eigenvalue weighted by Crippen LogP contribution is -2.39. The van der Waals surface area contributed by atoms with Crippen LogP contribution in [0.3, 0.4) is 0 Å². The molecule has 24 heavy (non-hydrogen) atoms. The number of hydrogen-bond acceptors (Lipinski definition) is 4. The minimum atomic E-state index is -0.231. The second kappa shape index (κ2) is 6.06. The minimum Gasteiger partial charge on any atom is -0.353 e. The Bertz CT molecular complexity index is 802. The van der Waals surface area contributed by atoms with Crippen molar-refractivity contribution >= 4 is 33.8 Å². The molecule has 6 heteroatoms. The number of nitrogens with one attached hydrogen (secondary N) is 2. The van der Waals surface area contributed by atoms with Gasteiger partial charge in [-0.15, -0.1) is 11.3 Å². The first kappa shape index (κ1) is 15.9. The van der Waals surface area contributed by atoms with Gasteiger partial charge in [0.25, 0.3) is 5.91 Å². The average molecular weight is 362 g/mol. The van der Waals surface area contributed by atoms with Gasteiger partial charge in [-0.25, -0.2) is 0 Å². The van der Waals surface area contributed by atoms with Gasteiger partial charge in [0.2, 0.25) is 0 Å². The molecular formula is C18H20ClN3OS. The lowest BCUT2D eigenvalue weighted by molar-refractivity contribution is 0.0934. The third-order valence-corrected chi connectivity index (χ3v) is 6.16. The van der Waals surface area contributed by atoms with E-state index >= 15 is 0 Å². The number of fused-ring (bicyclic) bond motifs is 3. The highest BCUT2D eigenvalue weighted by Gasteiger charge is 2.33. The fraction of sp³-hybridized carbons (Fsp3) is 0.389. The second-order valence-electron chi connectivity index (χ2n) is 6.63. The Kier molecular flexibility index (Phi) is 4.03. The first-order valence-electron chi connectivity index (χ1n) is 8.24. The maximum atomic E-state index is 12.7. The number of amides is 1. The number of rotatable bonds is 2. The number of nitrogens with zero attached hydrogens (tertiary/aromatic N) is 1. The van der Waals surface area contributed by atoms with Crippen molar-refractivity contribution in [1.29, 1.82) is 0 Å². The molecule has 0 saturated heterocycles. The summed E-state index contributed by atoms with van der Waals surface area (Å²) in [5, 5.41) is 8.21. The van der Waals surface area contributed by atoms with Crippen molar-refractivity contribution in [3.63, 3.8) is 0 Å². The number of thiophene rings is 1. The van der Waals surface area contributed by atoms with E-state index in [-0.39, 0.29) is 12.1 Å². The molecule has 1 aromatic heterocycles. The van der Waals surface area contributed by atoms with E-state index in [0.29, 0.717) is 11.1 Å². The summed E-state index contributed by atoms with van der Waals surface area (Å²) in [6, 6.07) is 8.13. The van der Waals surface area contributed by atoms with Crippen molar-refractivity contribution in [2.75, 3.05) is 11.9 Å². The Balaban J connectivity index is 1.66. The Hall–Kier alpha value is -1.56. The van der Waals surface area contributed by atoms with Gasteiger partial charge in [0.15, 0.2) is 0 Å². The highest BCUT2D eigenvalue weighted by atomic mass is 35.5. The molecule has 1 atom stereocenters. The second-order valence-corrected chi connectivity index (χ2v) is 8.17. The highest BCUT2D eigenvalue weighted by molar-refractivity contribution is 7.16. The predicted octanol–water partition coefficient (Wildman–Crippen LogP) is 4.02. The number of hydrogen-bond donors (Lipinski definition) is 2. The molecule has 0 bridgehead atoms. The number of carbonyl (C=O) groups is 1. The first-order chi connectivity index (χ1) is 11.5. The van der Waals surface area contributed by atoms with Crippen LogP contribution in [0.1, 0.15) is 46.4 Å². The number of halogens is 1. The third-order valence-electron chi connectivity index (χ3n) is 4.78. The zero-order valence-electron chi connectivity index (χ0n) is 13.7. The molecule has 0 spiro atoms. The van der Waals surface area contributed by atoms with Crippen LogP contribution in [0.15, 0.2) is 24.3 Å². The van der Waals surface area contributed by atoms with Crippen LogP contribution in [0.25, 0.3) is 0 Å². The van der Waals surface area contributed by atoms with Crippen LogP contribution in [0.4, 0.5) is 5.00 Å². The summed E-state index contributed by atoms with van der Waals surface area (Å²) in [7, 11) is 0. The number of benzene rings is 1. The van der Waals surface area contributed by atoms with E-state index in [1.807, 2.05) is 24.3 Å². The molecular weight excluding hydrogens is 342 g/mol. The minimum absolute atomic E-state index is 0.0178. The van der Waals surface area contributed by atoms with Gasteiger partial charge in [0, 0.05) is 29.0 Å². The van der Waals surface area contributed by atoms with Crippen LogP contribution in [0, 0.1) is 0 Å². The maximum Gasteiger partial charge on any atom is 0.256 e. The van der Waals surface area contributed by atoms with E-state index in [0.717, 1.165) is 35.6 Å². The Morgan fingerprint density at radius 3 is 2.92 bits per heavy atom. The molecule has 0 saturated carbocycles. The van der Waals surface area contributed by atoms with E-state index in [4.69, 9.17) is 11.6 Å². The van der Waals surface area contributed by atoms with Crippen molar-refractivity contribution in [1.82, 2.24) is 10.2 Å². The molecule has 2 aromatic rings. The fourth-order valence-corrected chi connectivity index (χ4v) is 4.93. The summed E-state index contributed by atoms with van der Waals surface area (Å²) in [6.07, 6.45) is 0.709. The summed E-state index contributed by atoms with van der Waals surface area (Å²) in [6.45, 7) is 6.39. The number of anilines is 1. The van der Waals surface area contributed by atoms with E-state index in [1.54, 1.807) is 11.3 Å². The van der Waals surface area contributed by atoms with Crippen molar-refractivity contribution in [3.05, 3.63) is 50.9 Å². The van der Waals surface area contributed by atoms with Gasteiger partial charge < -0.3 is 10.6 Å². The monoisotopic (exact) mass is 361 g/mol. The van der Waals surface area contributed by atoms with Crippen LogP contribution in [0.2, 0.25) is 5.02 Å². The molecule has 2 N–H and O–H groups in total. The molecule has 4 rings (SSSR count). The molecule has 1 unspecified atom stereocenters. The average Bonchev–Trinajstić information content (AvgIpc) is 2.92. The molecule has 3 heterocycles. The quantitative estimate of drug-likeness (QED) is 0.849. The molecule has 1 amide bonds. The summed E-state index contributed by atoms with van der Waals surface area (Å²) in [4.78, 5) is 16.5. The van der Waals surface area contributed by atoms with E-state index in [2.05, 4.69) is 29.4 Å². The summed E-state index contributed by atoms with van der Waals surface area (Å²) >= 11 is 7.80. The lowest BCUT2D eigenvalue weighted by Gasteiger charge is -2.31. The van der Waals surface area contributed by atoms with Gasteiger partial charge in [-0.1, -0.05) is 23.7 Å². The summed E-state index contributed by atoms with van der Waals surface area (Å²) in [5.41, 5.74) is 3.04. The lowest BCUT2D eigenvalue weighted by atomic mass is 9.99. The van der Waals surface area contributed by atoms with Gasteiger partial charge in [0.1, 0.15) is 11.2 Å². The first-order valence-corrected chi connectivity index (χ1v) is 9.44. The Labute approximate surface area is 150 Å². The SMILES string of the molecule is CC(C)N1CCc2c(sc3c2C(=O)NC(c2cccc(Cl)c2)N3)C1. The predicted molar refractivity (Wildman–Crippen MR) is 98.9 cm³/mol. The van der Waals surface area contributed by atoms with Crippen LogP contribution in [-0.4, -0.2) is 23.4 Å². The standard InChI is InChI=1S/C18H20ClN3OS/c1-10(2)22-7-6-13-14(9-22)24-18-15(13)17(23)20-16(21-18)11-4-3-5-12(19)8-11/h3-5,8,10,16,21H,6-7,9H2,1-2H3,(H,20,23). The van der Waals surface area contributed by atoms with Crippen LogP contribution in [-0.2, 0) is 13.0 Å². The zero-order chi connectivity index (χ0) is 16.8. The summed E-state index contributed by atoms with van der Waals surface area (Å²) in [5.74, 6) is 0.0178. The molecule has 0 fully saturated rings. The smallest absolute Gasteiger partial charge is 0.256 e. The fourth-order valence-electron chi connectivity index (χ4n) is 3.43. The van der Waals surface area contributed by atoms with Crippen LogP contribution in [0.5, 0.6) is 0 Å². The molecule has 4 nitrogen and oxygen atoms in total. The topological polar surface area (TPSA) is 44.4 Å². The number of carbonyl (C=O) groups excluding carboxylic acids is 1. The normalized spacial score (nSPS) is 20.3. The van der Waals surface area contributed by atoms with Crippen LogP contribution >= 0.6 is 22.9 Å².